The van der Waals surface area contributed by atoms with E-state index in [9.17, 15) is 0 Å². The van der Waals surface area contributed by atoms with Gasteiger partial charge >= 0.3 is 0 Å². The van der Waals surface area contributed by atoms with E-state index in [0.717, 1.165) is 42.2 Å². The van der Waals surface area contributed by atoms with Gasteiger partial charge in [-0.3, -0.25) is 4.99 Å². The molecule has 0 aliphatic heterocycles. The molecule has 164 valence electrons. The van der Waals surface area contributed by atoms with Crippen LogP contribution in [0.4, 0.5) is 0 Å². The molecule has 0 spiro atoms. The van der Waals surface area contributed by atoms with Crippen molar-refractivity contribution in [1.82, 2.24) is 0 Å². The summed E-state index contributed by atoms with van der Waals surface area (Å²) in [5.41, 5.74) is 5.34. The van der Waals surface area contributed by atoms with Crippen LogP contribution >= 0.6 is 0 Å². The van der Waals surface area contributed by atoms with Crippen LogP contribution in [0.15, 0.2) is 96.8 Å². The Morgan fingerprint density at radius 1 is 0.700 bits per heavy atom. The van der Waals surface area contributed by atoms with Crippen LogP contribution in [0.1, 0.15) is 74.1 Å². The van der Waals surface area contributed by atoms with Crippen molar-refractivity contribution in [2.45, 2.75) is 74.1 Å². The number of allylic oxidation sites excluding steroid dienone is 10. The zero-order valence-electron chi connectivity index (χ0n) is 19.9. The maximum Gasteiger partial charge on any atom is 0.0785 e. The lowest BCUT2D eigenvalue weighted by atomic mass is 10.1. The van der Waals surface area contributed by atoms with Crippen molar-refractivity contribution in [2.24, 2.45) is 25.4 Å². The van der Waals surface area contributed by atoms with Crippen LogP contribution in [0.2, 0.25) is 0 Å². The highest BCUT2D eigenvalue weighted by atomic mass is 15.1. The maximum atomic E-state index is 4.39. The number of nitrogens with zero attached hydrogens (tertiary/aromatic N) is 5. The van der Waals surface area contributed by atoms with Crippen molar-refractivity contribution in [3.05, 3.63) is 71.4 Å². The smallest absolute Gasteiger partial charge is 0.0785 e. The Bertz CT molecular complexity index is 771. The lowest BCUT2D eigenvalue weighted by molar-refractivity contribution is 0.787. The molecule has 0 aliphatic rings. The van der Waals surface area contributed by atoms with Gasteiger partial charge in [-0.25, -0.2) is 0 Å². The molecule has 30 heavy (non-hydrogen) atoms. The Morgan fingerprint density at radius 3 is 1.77 bits per heavy atom. The molecule has 0 saturated heterocycles. The standard InChI is InChI=1S/C25H39N5/c1-9-11-12-20(3)13-14-22(5)27-29-24(7)17-18-25(8)30-28-23(6)16-15-21(4)26-19-10-2/h13-18H,6,9-12,19H2,1-5,7-8H3/b16-15-,20-13?,22-14+,24-17+,25-18+,26-21?,29-27+,30-28?. The van der Waals surface area contributed by atoms with E-state index in [-0.39, 0.29) is 0 Å². The van der Waals surface area contributed by atoms with E-state index in [4.69, 9.17) is 0 Å². The molecule has 0 aromatic carbocycles. The van der Waals surface area contributed by atoms with E-state index in [2.05, 4.69) is 58.9 Å². The van der Waals surface area contributed by atoms with E-state index >= 15 is 0 Å². The highest BCUT2D eigenvalue weighted by molar-refractivity contribution is 5.93. The van der Waals surface area contributed by atoms with Crippen LogP contribution in [0.25, 0.3) is 0 Å². The fourth-order valence-corrected chi connectivity index (χ4v) is 2.03. The predicted molar refractivity (Wildman–Crippen MR) is 131 cm³/mol. The maximum absolute atomic E-state index is 4.39. The van der Waals surface area contributed by atoms with E-state index in [1.807, 2.05) is 58.1 Å². The molecule has 0 fully saturated rings. The van der Waals surface area contributed by atoms with Gasteiger partial charge in [0, 0.05) is 12.3 Å². The third-order valence-electron chi connectivity index (χ3n) is 3.90. The Morgan fingerprint density at radius 2 is 1.23 bits per heavy atom. The third-order valence-corrected chi connectivity index (χ3v) is 3.90. The Labute approximate surface area is 183 Å². The highest BCUT2D eigenvalue weighted by Gasteiger charge is 1.90. The topological polar surface area (TPSA) is 61.8 Å². The van der Waals surface area contributed by atoms with Gasteiger partial charge in [0.25, 0.3) is 0 Å². The minimum atomic E-state index is 0.581. The van der Waals surface area contributed by atoms with Crippen LogP contribution in [0, 0.1) is 0 Å². The zero-order valence-corrected chi connectivity index (χ0v) is 19.9. The van der Waals surface area contributed by atoms with Gasteiger partial charge in [0.05, 0.1) is 22.8 Å². The van der Waals surface area contributed by atoms with Gasteiger partial charge in [0.1, 0.15) is 0 Å². The monoisotopic (exact) mass is 409 g/mol. The zero-order chi connectivity index (χ0) is 22.8. The lowest BCUT2D eigenvalue weighted by Gasteiger charge is -1.97. The summed E-state index contributed by atoms with van der Waals surface area (Å²) in [6.45, 7) is 18.9. The number of hydrogen-bond donors (Lipinski definition) is 0. The molecule has 0 atom stereocenters. The van der Waals surface area contributed by atoms with Gasteiger partial charge in [-0.2, -0.15) is 20.5 Å². The number of rotatable bonds is 13. The second-order valence-corrected chi connectivity index (χ2v) is 7.29. The number of hydrogen-bond acceptors (Lipinski definition) is 5. The van der Waals surface area contributed by atoms with Gasteiger partial charge < -0.3 is 0 Å². The largest absolute Gasteiger partial charge is 0.290 e. The molecule has 0 unspecified atom stereocenters. The molecule has 5 heteroatoms. The van der Waals surface area contributed by atoms with Gasteiger partial charge in [-0.1, -0.05) is 38.5 Å². The molecule has 0 rings (SSSR count). The summed E-state index contributed by atoms with van der Waals surface area (Å²) in [5, 5.41) is 16.8. The van der Waals surface area contributed by atoms with E-state index in [1.54, 1.807) is 0 Å². The Balaban J connectivity index is 4.77. The quantitative estimate of drug-likeness (QED) is 0.166. The van der Waals surface area contributed by atoms with Crippen molar-refractivity contribution in [3.8, 4) is 0 Å². The molecule has 5 nitrogen and oxygen atoms in total. The van der Waals surface area contributed by atoms with Crippen LogP contribution < -0.4 is 0 Å². The second kappa shape index (κ2) is 17.2. The molecule has 0 saturated carbocycles. The summed E-state index contributed by atoms with van der Waals surface area (Å²) >= 11 is 0. The SMILES string of the molecule is C=C(/C=C\C(C)=NCCC)N=N/C(C)=C/C=C(C)/N=N/C(C)=C/C=C(C)CCCC. The minimum Gasteiger partial charge on any atom is -0.290 e. The van der Waals surface area contributed by atoms with Gasteiger partial charge in [0.15, 0.2) is 0 Å². The summed E-state index contributed by atoms with van der Waals surface area (Å²) in [5.74, 6) is 0. The van der Waals surface area contributed by atoms with E-state index in [0.29, 0.717) is 5.70 Å². The highest BCUT2D eigenvalue weighted by Crippen LogP contribution is 2.09. The number of unbranched alkanes of at least 4 members (excludes halogenated alkanes) is 1. The first-order valence-corrected chi connectivity index (χ1v) is 10.7. The molecular formula is C25H39N5. The Kier molecular flexibility index (Phi) is 15.7. The fourth-order valence-electron chi connectivity index (χ4n) is 2.03. The first-order valence-electron chi connectivity index (χ1n) is 10.7. The number of azo groups is 2. The average molecular weight is 410 g/mol. The van der Waals surface area contributed by atoms with Crippen molar-refractivity contribution < 1.29 is 0 Å². The first-order chi connectivity index (χ1) is 14.3. The third kappa shape index (κ3) is 16.3. The molecule has 0 radical (unpaired) electrons. The molecule has 0 heterocycles. The molecule has 0 aromatic heterocycles. The summed E-state index contributed by atoms with van der Waals surface area (Å²) in [6, 6.07) is 0. The molecule has 0 aromatic rings. The van der Waals surface area contributed by atoms with Crippen LogP contribution in [0.5, 0.6) is 0 Å². The molecule has 0 N–H and O–H groups in total. The van der Waals surface area contributed by atoms with Crippen LogP contribution in [0.3, 0.4) is 0 Å². The van der Waals surface area contributed by atoms with E-state index < -0.39 is 0 Å². The molecular weight excluding hydrogens is 370 g/mol. The normalized spacial score (nSPS) is 15.2. The van der Waals surface area contributed by atoms with Gasteiger partial charge in [0.2, 0.25) is 0 Å². The molecule has 0 amide bonds. The summed E-state index contributed by atoms with van der Waals surface area (Å²) in [7, 11) is 0. The second-order valence-electron chi connectivity index (χ2n) is 7.29. The molecule has 0 bridgehead atoms. The van der Waals surface area contributed by atoms with Crippen molar-refractivity contribution >= 4 is 5.71 Å². The van der Waals surface area contributed by atoms with Crippen molar-refractivity contribution in [3.63, 3.8) is 0 Å². The predicted octanol–water partition coefficient (Wildman–Crippen LogP) is 8.68. The average Bonchev–Trinajstić information content (AvgIpc) is 2.73. The Hall–Kier alpha value is -2.69. The van der Waals surface area contributed by atoms with E-state index in [1.165, 1.54) is 18.4 Å². The van der Waals surface area contributed by atoms with Gasteiger partial charge in [-0.05, 0) is 84.3 Å². The van der Waals surface area contributed by atoms with Crippen LogP contribution in [-0.4, -0.2) is 12.3 Å². The summed E-state index contributed by atoms with van der Waals surface area (Å²) in [6.07, 6.45) is 16.2. The first kappa shape index (κ1) is 27.3. The number of aliphatic imine (C=N–C) groups is 1. The summed E-state index contributed by atoms with van der Waals surface area (Å²) in [4.78, 5) is 4.39. The van der Waals surface area contributed by atoms with Crippen molar-refractivity contribution in [1.29, 1.82) is 0 Å². The van der Waals surface area contributed by atoms with Gasteiger partial charge in [-0.15, -0.1) is 0 Å². The summed E-state index contributed by atoms with van der Waals surface area (Å²) < 4.78 is 0. The lowest BCUT2D eigenvalue weighted by Crippen LogP contribution is -1.87. The van der Waals surface area contributed by atoms with Crippen molar-refractivity contribution in [2.75, 3.05) is 6.54 Å². The van der Waals surface area contributed by atoms with Crippen LogP contribution in [-0.2, 0) is 0 Å². The fraction of sp³-hybridized carbons (Fsp3) is 0.480. The molecule has 0 aliphatic carbocycles. The minimum absolute atomic E-state index is 0.581.